The Morgan fingerprint density at radius 2 is 0.778 bits per heavy atom. The van der Waals surface area contributed by atoms with Crippen LogP contribution in [-0.2, 0) is 0 Å². The number of para-hydroxylation sites is 1. The van der Waals surface area contributed by atoms with Crippen LogP contribution in [0.15, 0.2) is 200 Å². The number of hydrogen-bond acceptors (Lipinski definition) is 3. The van der Waals surface area contributed by atoms with E-state index in [1.165, 1.54) is 27.3 Å². The Bertz CT molecular complexity index is 2890. The maximum atomic E-state index is 5.59. The van der Waals surface area contributed by atoms with E-state index in [-0.39, 0.29) is 0 Å². The first-order valence-electron chi connectivity index (χ1n) is 18.3. The van der Waals surface area contributed by atoms with Crippen molar-refractivity contribution < 1.29 is 0 Å². The molecule has 0 unspecified atom stereocenters. The summed E-state index contributed by atoms with van der Waals surface area (Å²) in [6.07, 6.45) is 0. The third-order valence-corrected chi connectivity index (χ3v) is 10.3. The van der Waals surface area contributed by atoms with Crippen LogP contribution in [0.3, 0.4) is 0 Å². The molecule has 10 rings (SSSR count). The lowest BCUT2D eigenvalue weighted by Gasteiger charge is -2.17. The van der Waals surface area contributed by atoms with Gasteiger partial charge in [0.1, 0.15) is 0 Å². The summed E-state index contributed by atoms with van der Waals surface area (Å²) >= 11 is 0. The second-order valence-corrected chi connectivity index (χ2v) is 13.6. The van der Waals surface area contributed by atoms with Crippen molar-refractivity contribution in [2.75, 3.05) is 0 Å². The van der Waals surface area contributed by atoms with Gasteiger partial charge in [0.05, 0.1) is 22.6 Å². The van der Waals surface area contributed by atoms with Gasteiger partial charge < -0.3 is 0 Å². The molecule has 0 bridgehead atoms. The van der Waals surface area contributed by atoms with Gasteiger partial charge in [-0.2, -0.15) is 0 Å². The van der Waals surface area contributed by atoms with Crippen molar-refractivity contribution in [1.29, 1.82) is 0 Å². The number of fused-ring (bicyclic) bond motifs is 4. The van der Waals surface area contributed by atoms with Crippen LogP contribution in [0.5, 0.6) is 0 Å². The Morgan fingerprint density at radius 1 is 0.296 bits per heavy atom. The van der Waals surface area contributed by atoms with Gasteiger partial charge in [0.15, 0.2) is 5.82 Å². The Labute approximate surface area is 313 Å². The minimum atomic E-state index is 0.705. The Kier molecular flexibility index (Phi) is 7.81. The summed E-state index contributed by atoms with van der Waals surface area (Å²) in [4.78, 5) is 15.6. The van der Waals surface area contributed by atoms with Crippen LogP contribution >= 0.6 is 0 Å². The average molecular weight is 688 g/mol. The number of hydrogen-bond donors (Lipinski definition) is 0. The summed E-state index contributed by atoms with van der Waals surface area (Å²) in [5, 5.41) is 5.86. The first kappa shape index (κ1) is 31.5. The minimum absolute atomic E-state index is 0.705. The molecule has 0 saturated carbocycles. The quantitative estimate of drug-likeness (QED) is 0.163. The van der Waals surface area contributed by atoms with Crippen molar-refractivity contribution in [1.82, 2.24) is 15.0 Å². The first-order valence-corrected chi connectivity index (χ1v) is 18.3. The van der Waals surface area contributed by atoms with E-state index >= 15 is 0 Å². The molecule has 0 saturated heterocycles. The van der Waals surface area contributed by atoms with E-state index in [2.05, 4.69) is 164 Å². The molecule has 8 aromatic carbocycles. The Morgan fingerprint density at radius 3 is 1.50 bits per heavy atom. The summed E-state index contributed by atoms with van der Waals surface area (Å²) < 4.78 is 0. The molecule has 0 amide bonds. The molecule has 54 heavy (non-hydrogen) atoms. The molecule has 0 aliphatic heterocycles. The number of aromatic nitrogens is 3. The minimum Gasteiger partial charge on any atom is -0.246 e. The molecule has 2 heterocycles. The number of nitrogens with zero attached hydrogens (tertiary/aromatic N) is 3. The zero-order valence-corrected chi connectivity index (χ0v) is 29.4. The third kappa shape index (κ3) is 5.60. The van der Waals surface area contributed by atoms with Crippen LogP contribution in [0.1, 0.15) is 0 Å². The highest BCUT2D eigenvalue weighted by atomic mass is 14.9. The predicted molar refractivity (Wildman–Crippen MR) is 225 cm³/mol. The molecule has 0 N–H and O–H groups in total. The van der Waals surface area contributed by atoms with Crippen LogP contribution < -0.4 is 0 Å². The van der Waals surface area contributed by atoms with Gasteiger partial charge in [-0.1, -0.05) is 194 Å². The van der Waals surface area contributed by atoms with Crippen molar-refractivity contribution in [2.45, 2.75) is 0 Å². The third-order valence-electron chi connectivity index (χ3n) is 10.3. The van der Waals surface area contributed by atoms with E-state index in [0.29, 0.717) is 5.82 Å². The number of rotatable bonds is 6. The average Bonchev–Trinajstić information content (AvgIpc) is 3.26. The fourth-order valence-electron chi connectivity index (χ4n) is 7.69. The maximum absolute atomic E-state index is 5.59. The standard InChI is InChI=1S/C51H33N3/c1-4-15-35(16-5-1)41-24-13-27-45-48(41)44-28-14-25-42(49(44)54-50(45)43-26-12-22-34-17-10-11-23-40(34)43)36-29-31-38(32-30-36)47-33-46(37-18-6-2-7-19-37)52-51(53-47)39-20-8-3-9-21-39/h1-33H. The molecule has 0 aliphatic carbocycles. The lowest BCUT2D eigenvalue weighted by Crippen LogP contribution is -1.96. The number of benzene rings is 8. The summed E-state index contributed by atoms with van der Waals surface area (Å²) in [6.45, 7) is 0. The predicted octanol–water partition coefficient (Wildman–Crippen LogP) is 13.3. The van der Waals surface area contributed by atoms with Gasteiger partial charge in [-0.15, -0.1) is 0 Å². The molecule has 0 atom stereocenters. The largest absolute Gasteiger partial charge is 0.246 e. The van der Waals surface area contributed by atoms with Crippen LogP contribution in [0.2, 0.25) is 0 Å². The van der Waals surface area contributed by atoms with Gasteiger partial charge >= 0.3 is 0 Å². The van der Waals surface area contributed by atoms with E-state index in [1.807, 2.05) is 36.4 Å². The highest BCUT2D eigenvalue weighted by Crippen LogP contribution is 2.42. The van der Waals surface area contributed by atoms with Crippen molar-refractivity contribution in [3.05, 3.63) is 200 Å². The molecule has 0 aliphatic rings. The van der Waals surface area contributed by atoms with Gasteiger partial charge in [-0.25, -0.2) is 15.0 Å². The van der Waals surface area contributed by atoms with Crippen molar-refractivity contribution in [2.24, 2.45) is 0 Å². The Hall–Kier alpha value is -7.23. The SMILES string of the molecule is c1ccc(-c2cc(-c3ccc(-c4cccc5c4nc(-c4cccc6ccccc46)c4cccc(-c6ccccc6)c45)cc3)nc(-c3ccccc3)n2)cc1. The smallest absolute Gasteiger partial charge is 0.160 e. The fourth-order valence-corrected chi connectivity index (χ4v) is 7.69. The molecule has 252 valence electrons. The van der Waals surface area contributed by atoms with Crippen LogP contribution in [0, 0.1) is 0 Å². The molecule has 0 spiro atoms. The van der Waals surface area contributed by atoms with Gasteiger partial charge in [-0.3, -0.25) is 0 Å². The van der Waals surface area contributed by atoms with Crippen LogP contribution in [-0.4, -0.2) is 15.0 Å². The van der Waals surface area contributed by atoms with Gasteiger partial charge in [0.2, 0.25) is 0 Å². The van der Waals surface area contributed by atoms with Crippen molar-refractivity contribution in [3.63, 3.8) is 0 Å². The zero-order chi connectivity index (χ0) is 35.8. The monoisotopic (exact) mass is 687 g/mol. The summed E-state index contributed by atoms with van der Waals surface area (Å²) in [5.74, 6) is 0.705. The van der Waals surface area contributed by atoms with Crippen molar-refractivity contribution >= 4 is 32.4 Å². The van der Waals surface area contributed by atoms with E-state index in [0.717, 1.165) is 66.8 Å². The topological polar surface area (TPSA) is 38.7 Å². The normalized spacial score (nSPS) is 11.3. The zero-order valence-electron chi connectivity index (χ0n) is 29.4. The molecule has 2 aromatic heterocycles. The molecule has 0 radical (unpaired) electrons. The lowest BCUT2D eigenvalue weighted by molar-refractivity contribution is 1.18. The molecular formula is C51H33N3. The molecule has 10 aromatic rings. The number of pyridine rings is 1. The van der Waals surface area contributed by atoms with Crippen LogP contribution in [0.4, 0.5) is 0 Å². The van der Waals surface area contributed by atoms with Crippen molar-refractivity contribution in [3.8, 4) is 67.4 Å². The highest BCUT2D eigenvalue weighted by Gasteiger charge is 2.19. The summed E-state index contributed by atoms with van der Waals surface area (Å²) in [7, 11) is 0. The van der Waals surface area contributed by atoms with E-state index in [9.17, 15) is 0 Å². The summed E-state index contributed by atoms with van der Waals surface area (Å²) in [5.41, 5.74) is 12.5. The second-order valence-electron chi connectivity index (χ2n) is 13.6. The van der Waals surface area contributed by atoms with Gasteiger partial charge in [-0.05, 0) is 33.5 Å². The molecule has 0 fully saturated rings. The Balaban J connectivity index is 1.17. The highest BCUT2D eigenvalue weighted by molar-refractivity contribution is 6.20. The van der Waals surface area contributed by atoms with E-state index in [4.69, 9.17) is 15.0 Å². The van der Waals surface area contributed by atoms with E-state index < -0.39 is 0 Å². The first-order chi connectivity index (χ1) is 26.8. The van der Waals surface area contributed by atoms with E-state index in [1.54, 1.807) is 0 Å². The fraction of sp³-hybridized carbons (Fsp3) is 0. The second kappa shape index (κ2) is 13.4. The molecular weight excluding hydrogens is 655 g/mol. The molecule has 3 heteroatoms. The lowest BCUT2D eigenvalue weighted by atomic mass is 9.90. The van der Waals surface area contributed by atoms with Gasteiger partial charge in [0, 0.05) is 44.0 Å². The van der Waals surface area contributed by atoms with Crippen LogP contribution in [0.25, 0.3) is 99.9 Å². The maximum Gasteiger partial charge on any atom is 0.160 e. The summed E-state index contributed by atoms with van der Waals surface area (Å²) in [6, 6.07) is 70.3. The van der Waals surface area contributed by atoms with Gasteiger partial charge in [0.25, 0.3) is 0 Å². The molecule has 3 nitrogen and oxygen atoms in total.